The highest BCUT2D eigenvalue weighted by Gasteiger charge is 2.40. The van der Waals surface area contributed by atoms with Crippen LogP contribution in [0.3, 0.4) is 0 Å². The molecule has 0 radical (unpaired) electrons. The van der Waals surface area contributed by atoms with Crippen molar-refractivity contribution in [1.29, 1.82) is 0 Å². The van der Waals surface area contributed by atoms with Crippen molar-refractivity contribution in [2.45, 2.75) is 192 Å². The van der Waals surface area contributed by atoms with E-state index in [9.17, 15) is 67.7 Å². The minimum Gasteiger partial charge on any atom is -0.459 e. The molecule has 1 heterocycles. The Morgan fingerprint density at radius 2 is 1.40 bits per heavy atom. The number of cyclic esters (lactones) is 1. The summed E-state index contributed by atoms with van der Waals surface area (Å²) < 4.78 is 5.74. The second-order valence-corrected chi connectivity index (χ2v) is 21.8. The summed E-state index contributed by atoms with van der Waals surface area (Å²) in [6.07, 6.45) is -6.06. The van der Waals surface area contributed by atoms with Gasteiger partial charge in [0.05, 0.1) is 37.6 Å². The van der Waals surface area contributed by atoms with Crippen LogP contribution >= 0.6 is 11.6 Å². The number of hydrogen-bond acceptors (Lipinski definition) is 15. The molecule has 448 valence electrons. The molecule has 1 aromatic carbocycles. The number of aliphatic hydroxyl groups is 2. The molecule has 14 atom stereocenters. The number of amides is 11. The molecule has 0 aromatic heterocycles. The SMILES string of the molecule is CCC[C@H]1NC(=O)CNC(=O)[C@H](Cc2ccccc2)NC(=O)[C@@H]([C@@H](C)O)NC(=O)[C@H](CC(N)=O)NC(=O)C(C(C)C(C)Cl)NC(=O)[C@@H](CC(C)C)N(C)C(=O)[C@@H](C)NC(=O)CC(O)C(NC(=O)[C@@H](CC(C)C)NC=O)C(C)OC1=O. The molecule has 11 amide bonds. The molecule has 1 fully saturated rings. The number of nitrogens with two attached hydrogens (primary N) is 1. The summed E-state index contributed by atoms with van der Waals surface area (Å²) in [5.74, 6) is -12.0. The molecule has 13 N–H and O–H groups in total. The number of benzene rings is 1. The predicted octanol–water partition coefficient (Wildman–Crippen LogP) is -2.19. The highest BCUT2D eigenvalue weighted by molar-refractivity contribution is 6.20. The van der Waals surface area contributed by atoms with Gasteiger partial charge in [0.2, 0.25) is 65.5 Å². The summed E-state index contributed by atoms with van der Waals surface area (Å²) in [4.78, 5) is 164. The number of ether oxygens (including phenoxy) is 1. The molecule has 1 aliphatic rings. The van der Waals surface area contributed by atoms with Gasteiger partial charge in [-0.2, -0.15) is 0 Å². The van der Waals surface area contributed by atoms with E-state index in [0.29, 0.717) is 18.4 Å². The molecular formula is C53H84ClN11O15. The van der Waals surface area contributed by atoms with Crippen LogP contribution in [0.4, 0.5) is 0 Å². The van der Waals surface area contributed by atoms with Gasteiger partial charge in [-0.05, 0) is 64.4 Å². The van der Waals surface area contributed by atoms with Gasteiger partial charge in [0.15, 0.2) is 0 Å². The Morgan fingerprint density at radius 1 is 0.800 bits per heavy atom. The number of nitrogens with one attached hydrogen (secondary N) is 9. The van der Waals surface area contributed by atoms with Gasteiger partial charge in [-0.15, -0.1) is 11.6 Å². The van der Waals surface area contributed by atoms with E-state index < -0.39 is 168 Å². The Kier molecular flexibility index (Phi) is 29.1. The second kappa shape index (κ2) is 33.6. The first-order valence-electron chi connectivity index (χ1n) is 26.8. The average molecular weight is 1150 g/mol. The number of carbonyl (C=O) groups is 12. The fourth-order valence-corrected chi connectivity index (χ4v) is 8.78. The largest absolute Gasteiger partial charge is 0.459 e. The van der Waals surface area contributed by atoms with E-state index in [1.165, 1.54) is 34.7 Å². The van der Waals surface area contributed by atoms with Crippen LogP contribution in [0.15, 0.2) is 30.3 Å². The third-order valence-corrected chi connectivity index (χ3v) is 13.6. The van der Waals surface area contributed by atoms with Crippen LogP contribution in [0.2, 0.25) is 0 Å². The Balaban J connectivity index is 2.82. The van der Waals surface area contributed by atoms with Crippen LogP contribution in [0.1, 0.15) is 113 Å². The van der Waals surface area contributed by atoms with Crippen molar-refractivity contribution in [1.82, 2.24) is 52.8 Å². The van der Waals surface area contributed by atoms with E-state index in [0.717, 1.165) is 11.8 Å². The number of halogens is 1. The Bertz CT molecular complexity index is 2310. The van der Waals surface area contributed by atoms with E-state index in [4.69, 9.17) is 22.1 Å². The topological polar surface area (TPSA) is 392 Å². The van der Waals surface area contributed by atoms with Gasteiger partial charge in [0.25, 0.3) is 0 Å². The zero-order valence-electron chi connectivity index (χ0n) is 47.5. The van der Waals surface area contributed by atoms with Crippen molar-refractivity contribution in [3.63, 3.8) is 0 Å². The number of rotatable bonds is 17. The average Bonchev–Trinajstić information content (AvgIpc) is 3.37. The molecule has 0 aliphatic carbocycles. The molecule has 6 unspecified atom stereocenters. The highest BCUT2D eigenvalue weighted by atomic mass is 35.5. The first kappa shape index (κ1) is 69.2. The maximum absolute atomic E-state index is 14.4. The number of carbonyl (C=O) groups excluding carboxylic acids is 12. The van der Waals surface area contributed by atoms with Crippen LogP contribution in [0.25, 0.3) is 0 Å². The molecule has 1 saturated heterocycles. The molecule has 1 aromatic rings. The van der Waals surface area contributed by atoms with Crippen molar-refractivity contribution < 1.29 is 72.5 Å². The van der Waals surface area contributed by atoms with Gasteiger partial charge in [0, 0.05) is 24.8 Å². The summed E-state index contributed by atoms with van der Waals surface area (Å²) in [5.41, 5.74) is 6.03. The Labute approximate surface area is 472 Å². The molecule has 1 aliphatic heterocycles. The first-order valence-corrected chi connectivity index (χ1v) is 27.2. The van der Waals surface area contributed by atoms with Gasteiger partial charge >= 0.3 is 5.97 Å². The minimum atomic E-state index is -1.86. The maximum Gasteiger partial charge on any atom is 0.328 e. The number of primary amides is 1. The third kappa shape index (κ3) is 22.7. The summed E-state index contributed by atoms with van der Waals surface area (Å²) in [5, 5.41) is 43.9. The van der Waals surface area contributed by atoms with E-state index in [2.05, 4.69) is 47.9 Å². The second-order valence-electron chi connectivity index (χ2n) is 21.2. The Morgan fingerprint density at radius 3 is 1.95 bits per heavy atom. The van der Waals surface area contributed by atoms with Crippen molar-refractivity contribution >= 4 is 83.1 Å². The fraction of sp³-hybridized carbons (Fsp3) is 0.660. The molecule has 27 heteroatoms. The van der Waals surface area contributed by atoms with Crippen LogP contribution in [0, 0.1) is 17.8 Å². The predicted molar refractivity (Wildman–Crippen MR) is 292 cm³/mol. The lowest BCUT2D eigenvalue weighted by atomic mass is 9.95. The van der Waals surface area contributed by atoms with Crippen LogP contribution < -0.4 is 53.6 Å². The molecule has 2 rings (SSSR count). The van der Waals surface area contributed by atoms with Gasteiger partial charge < -0.3 is 73.4 Å². The number of alkyl halides is 1. The summed E-state index contributed by atoms with van der Waals surface area (Å²) in [7, 11) is 1.28. The minimum absolute atomic E-state index is 0.00746. The quantitative estimate of drug-likeness (QED) is 0.0448. The number of hydrogen-bond donors (Lipinski definition) is 12. The van der Waals surface area contributed by atoms with Crippen molar-refractivity contribution in [3.05, 3.63) is 35.9 Å². The first-order chi connectivity index (χ1) is 37.4. The number of esters is 1. The number of likely N-dealkylation sites (N-methyl/N-ethyl adjacent to an activating group) is 1. The molecule has 0 saturated carbocycles. The van der Waals surface area contributed by atoms with Crippen molar-refractivity contribution in [3.8, 4) is 0 Å². The summed E-state index contributed by atoms with van der Waals surface area (Å²) >= 11 is 6.49. The Hall–Kier alpha value is -6.93. The standard InChI is InChI=1S/C53H84ClN11O15/c1-12-16-34-53(79)80-32(10)45(64-47(73)35(57-25-66)19-26(2)3)39(68)23-41(70)58-30(8)52(78)65(11)38(20-27(4)5)49(75)62-43(28(6)29(7)54)50(76)61-37(22-40(55)69)48(74)63-44(31(9)67)51(77)60-36(21-33-17-14-13-15-18-33)46(72)56-24-42(71)59-34/h13-15,17-18,25-32,34-39,43-45,67-68H,12,16,19-24H2,1-11H3,(H2,55,69)(H,56,72)(H,57,66)(H,58,70)(H,59,71)(H,60,77)(H,61,76)(H,62,75)(H,63,74)(H,64,73)/t28?,29?,30-,31-,32?,34-,35-,36+,37+,38-,39?,43?,44-,45?/m1/s1. The van der Waals surface area contributed by atoms with Crippen LogP contribution in [0.5, 0.6) is 0 Å². The van der Waals surface area contributed by atoms with Crippen LogP contribution in [-0.2, 0) is 68.7 Å². The van der Waals surface area contributed by atoms with Gasteiger partial charge in [0.1, 0.15) is 54.4 Å². The zero-order chi connectivity index (χ0) is 60.7. The lowest BCUT2D eigenvalue weighted by Gasteiger charge is -2.34. The van der Waals surface area contributed by atoms with E-state index in [-0.39, 0.29) is 37.5 Å². The zero-order valence-corrected chi connectivity index (χ0v) is 48.2. The number of aliphatic hydroxyl groups excluding tert-OH is 2. The summed E-state index contributed by atoms with van der Waals surface area (Å²) in [6, 6.07) is -5.21. The molecule has 0 bridgehead atoms. The normalized spacial score (nSPS) is 26.8. The van der Waals surface area contributed by atoms with E-state index in [1.54, 1.807) is 65.0 Å². The smallest absolute Gasteiger partial charge is 0.328 e. The molecule has 26 nitrogen and oxygen atoms in total. The summed E-state index contributed by atoms with van der Waals surface area (Å²) in [6.45, 7) is 14.8. The number of nitrogens with zero attached hydrogens (tertiary/aromatic N) is 1. The molecular weight excluding hydrogens is 1070 g/mol. The third-order valence-electron chi connectivity index (χ3n) is 13.2. The monoisotopic (exact) mass is 1150 g/mol. The van der Waals surface area contributed by atoms with Crippen LogP contribution in [-0.4, -0.2) is 178 Å². The highest BCUT2D eigenvalue weighted by Crippen LogP contribution is 2.19. The maximum atomic E-state index is 14.4. The van der Waals surface area contributed by atoms with Gasteiger partial charge in [-0.1, -0.05) is 78.3 Å². The van der Waals surface area contributed by atoms with E-state index >= 15 is 0 Å². The van der Waals surface area contributed by atoms with Crippen molar-refractivity contribution in [2.75, 3.05) is 13.6 Å². The lowest BCUT2D eigenvalue weighted by molar-refractivity contribution is -0.156. The molecule has 0 spiro atoms. The fourth-order valence-electron chi connectivity index (χ4n) is 8.64. The van der Waals surface area contributed by atoms with E-state index in [1.807, 2.05) is 0 Å². The van der Waals surface area contributed by atoms with Crippen molar-refractivity contribution in [2.24, 2.45) is 23.5 Å². The van der Waals surface area contributed by atoms with Gasteiger partial charge in [-0.25, -0.2) is 4.79 Å². The molecule has 80 heavy (non-hydrogen) atoms. The van der Waals surface area contributed by atoms with Gasteiger partial charge in [-0.3, -0.25) is 52.7 Å². The lowest BCUT2D eigenvalue weighted by Crippen LogP contribution is -2.63.